The summed E-state index contributed by atoms with van der Waals surface area (Å²) in [7, 11) is 1.60. The highest BCUT2D eigenvalue weighted by Gasteiger charge is 2.38. The fourth-order valence-corrected chi connectivity index (χ4v) is 3.04. The summed E-state index contributed by atoms with van der Waals surface area (Å²) in [5.74, 6) is 1.11. The van der Waals surface area contributed by atoms with Crippen molar-refractivity contribution >= 4 is 11.7 Å². The molecule has 2 unspecified atom stereocenters. The molecule has 4 N–H and O–H groups in total. The first-order valence-electron chi connectivity index (χ1n) is 7.53. The molecule has 116 valence electrons. The summed E-state index contributed by atoms with van der Waals surface area (Å²) in [4.78, 5) is 12.3. The van der Waals surface area contributed by atoms with Crippen LogP contribution >= 0.6 is 0 Å². The molecule has 1 aliphatic rings. The number of hydrogen-bond acceptors (Lipinski definition) is 3. The van der Waals surface area contributed by atoms with Gasteiger partial charge in [-0.3, -0.25) is 0 Å². The predicted molar refractivity (Wildman–Crippen MR) is 84.6 cm³/mol. The molecule has 2 amide bonds. The summed E-state index contributed by atoms with van der Waals surface area (Å²) in [6.45, 7) is 2.64. The van der Waals surface area contributed by atoms with E-state index in [1.165, 1.54) is 6.42 Å². The molecule has 1 fully saturated rings. The molecule has 1 aromatic carbocycles. The second-order valence-electron chi connectivity index (χ2n) is 5.82. The third-order valence-corrected chi connectivity index (χ3v) is 4.51. The van der Waals surface area contributed by atoms with E-state index in [0.29, 0.717) is 23.9 Å². The molecule has 1 aliphatic carbocycles. The number of hydrogen-bond donors (Lipinski definition) is 3. The van der Waals surface area contributed by atoms with Gasteiger partial charge in [-0.2, -0.15) is 0 Å². The minimum atomic E-state index is -0.290. The van der Waals surface area contributed by atoms with Crippen LogP contribution in [0.1, 0.15) is 32.6 Å². The molecule has 0 bridgehead atoms. The number of ether oxygens (including phenoxy) is 1. The van der Waals surface area contributed by atoms with E-state index in [2.05, 4.69) is 17.6 Å². The smallest absolute Gasteiger partial charge is 0.319 e. The topological polar surface area (TPSA) is 76.4 Å². The summed E-state index contributed by atoms with van der Waals surface area (Å²) in [6.07, 6.45) is 4.37. The van der Waals surface area contributed by atoms with Crippen molar-refractivity contribution in [2.45, 2.75) is 38.1 Å². The third-order valence-electron chi connectivity index (χ3n) is 4.51. The molecular formula is C16H25N3O2. The molecule has 0 heterocycles. The van der Waals surface area contributed by atoms with E-state index < -0.39 is 0 Å². The summed E-state index contributed by atoms with van der Waals surface area (Å²) < 4.78 is 5.15. The summed E-state index contributed by atoms with van der Waals surface area (Å²) in [6, 6.07) is 7.10. The Kier molecular flexibility index (Phi) is 5.07. The van der Waals surface area contributed by atoms with Gasteiger partial charge in [-0.1, -0.05) is 25.8 Å². The minimum Gasteiger partial charge on any atom is -0.497 e. The molecule has 1 saturated carbocycles. The maximum absolute atomic E-state index is 12.3. The molecule has 0 radical (unpaired) electrons. The number of amides is 2. The second kappa shape index (κ2) is 6.80. The highest BCUT2D eigenvalue weighted by molar-refractivity contribution is 5.90. The van der Waals surface area contributed by atoms with Gasteiger partial charge in [0.05, 0.1) is 12.6 Å². The predicted octanol–water partition coefficient (Wildman–Crippen LogP) is 2.72. The first-order chi connectivity index (χ1) is 10.1. The fourth-order valence-electron chi connectivity index (χ4n) is 3.04. The summed E-state index contributed by atoms with van der Waals surface area (Å²) in [5, 5.41) is 5.96. The number of methoxy groups -OCH3 is 1. The van der Waals surface area contributed by atoms with E-state index in [0.717, 1.165) is 19.3 Å². The van der Waals surface area contributed by atoms with Gasteiger partial charge in [0, 0.05) is 18.3 Å². The third kappa shape index (κ3) is 3.67. The standard InChI is InChI=1S/C16H25N3O2/c1-12-6-3-4-9-16(12,11-17)19-15(20)18-13-7-5-8-14(10-13)21-2/h5,7-8,10,12H,3-4,6,9,11,17H2,1-2H3,(H2,18,19,20). The van der Waals surface area contributed by atoms with Crippen molar-refractivity contribution in [2.24, 2.45) is 11.7 Å². The van der Waals surface area contributed by atoms with E-state index in [1.54, 1.807) is 13.2 Å². The molecule has 0 aliphatic heterocycles. The summed E-state index contributed by atoms with van der Waals surface area (Å²) >= 11 is 0. The lowest BCUT2D eigenvalue weighted by Crippen LogP contribution is -2.60. The number of carbonyl (C=O) groups is 1. The average Bonchev–Trinajstić information content (AvgIpc) is 2.50. The number of carbonyl (C=O) groups excluding carboxylic acids is 1. The van der Waals surface area contributed by atoms with Gasteiger partial charge in [0.15, 0.2) is 0 Å². The lowest BCUT2D eigenvalue weighted by molar-refractivity contribution is 0.166. The van der Waals surface area contributed by atoms with Crippen molar-refractivity contribution in [3.05, 3.63) is 24.3 Å². The summed E-state index contributed by atoms with van der Waals surface area (Å²) in [5.41, 5.74) is 6.37. The maximum atomic E-state index is 12.3. The Bertz CT molecular complexity index is 492. The minimum absolute atomic E-state index is 0.206. The monoisotopic (exact) mass is 291 g/mol. The molecule has 5 nitrogen and oxygen atoms in total. The van der Waals surface area contributed by atoms with E-state index in [1.807, 2.05) is 18.2 Å². The molecule has 2 atom stereocenters. The van der Waals surface area contributed by atoms with Crippen molar-refractivity contribution in [3.8, 4) is 5.75 Å². The van der Waals surface area contributed by atoms with E-state index in [4.69, 9.17) is 10.5 Å². The molecule has 1 aromatic rings. The SMILES string of the molecule is COc1cccc(NC(=O)NC2(CN)CCCCC2C)c1. The zero-order chi connectivity index (χ0) is 15.3. The Hall–Kier alpha value is -1.75. The van der Waals surface area contributed by atoms with Crippen LogP contribution in [0.4, 0.5) is 10.5 Å². The Labute approximate surface area is 126 Å². The van der Waals surface area contributed by atoms with Gasteiger partial charge in [0.25, 0.3) is 0 Å². The van der Waals surface area contributed by atoms with Gasteiger partial charge in [-0.05, 0) is 30.9 Å². The first-order valence-corrected chi connectivity index (χ1v) is 7.53. The molecule has 2 rings (SSSR count). The highest BCUT2D eigenvalue weighted by Crippen LogP contribution is 2.33. The Morgan fingerprint density at radius 2 is 2.29 bits per heavy atom. The van der Waals surface area contributed by atoms with Crippen molar-refractivity contribution in [2.75, 3.05) is 19.0 Å². The maximum Gasteiger partial charge on any atom is 0.319 e. The average molecular weight is 291 g/mol. The zero-order valence-corrected chi connectivity index (χ0v) is 12.8. The van der Waals surface area contributed by atoms with Gasteiger partial charge in [-0.25, -0.2) is 4.79 Å². The molecule has 0 spiro atoms. The molecule has 5 heteroatoms. The van der Waals surface area contributed by atoms with Crippen molar-refractivity contribution in [3.63, 3.8) is 0 Å². The van der Waals surface area contributed by atoms with Crippen LogP contribution in [0, 0.1) is 5.92 Å². The van der Waals surface area contributed by atoms with E-state index in [9.17, 15) is 4.79 Å². The van der Waals surface area contributed by atoms with Crippen LogP contribution in [0.2, 0.25) is 0 Å². The molecule has 21 heavy (non-hydrogen) atoms. The number of rotatable bonds is 4. The van der Waals surface area contributed by atoms with Crippen LogP contribution in [0.25, 0.3) is 0 Å². The van der Waals surface area contributed by atoms with Gasteiger partial charge >= 0.3 is 6.03 Å². The largest absolute Gasteiger partial charge is 0.497 e. The highest BCUT2D eigenvalue weighted by atomic mass is 16.5. The molecule has 0 aromatic heterocycles. The van der Waals surface area contributed by atoms with Crippen LogP contribution in [-0.4, -0.2) is 25.2 Å². The fraction of sp³-hybridized carbons (Fsp3) is 0.562. The zero-order valence-electron chi connectivity index (χ0n) is 12.8. The van der Waals surface area contributed by atoms with Crippen molar-refractivity contribution < 1.29 is 9.53 Å². The second-order valence-corrected chi connectivity index (χ2v) is 5.82. The van der Waals surface area contributed by atoms with Gasteiger partial charge in [0.2, 0.25) is 0 Å². The first kappa shape index (κ1) is 15.6. The van der Waals surface area contributed by atoms with Crippen molar-refractivity contribution in [1.82, 2.24) is 5.32 Å². The quantitative estimate of drug-likeness (QED) is 0.798. The molecular weight excluding hydrogens is 266 g/mol. The van der Waals surface area contributed by atoms with E-state index in [-0.39, 0.29) is 11.6 Å². The Balaban J connectivity index is 2.02. The number of anilines is 1. The lowest BCUT2D eigenvalue weighted by Gasteiger charge is -2.42. The van der Waals surface area contributed by atoms with Gasteiger partial charge < -0.3 is 21.1 Å². The van der Waals surface area contributed by atoms with Gasteiger partial charge in [-0.15, -0.1) is 0 Å². The van der Waals surface area contributed by atoms with Crippen LogP contribution < -0.4 is 21.1 Å². The van der Waals surface area contributed by atoms with Crippen LogP contribution in [0.15, 0.2) is 24.3 Å². The van der Waals surface area contributed by atoms with E-state index >= 15 is 0 Å². The molecule has 0 saturated heterocycles. The van der Waals surface area contributed by atoms with Crippen LogP contribution in [0.5, 0.6) is 5.75 Å². The Morgan fingerprint density at radius 3 is 2.95 bits per heavy atom. The number of nitrogens with one attached hydrogen (secondary N) is 2. The Morgan fingerprint density at radius 1 is 1.48 bits per heavy atom. The number of nitrogens with two attached hydrogens (primary N) is 1. The number of benzene rings is 1. The lowest BCUT2D eigenvalue weighted by atomic mass is 9.73. The normalized spacial score (nSPS) is 25.2. The van der Waals surface area contributed by atoms with Gasteiger partial charge in [0.1, 0.15) is 5.75 Å². The van der Waals surface area contributed by atoms with Crippen LogP contribution in [0.3, 0.4) is 0 Å². The van der Waals surface area contributed by atoms with Crippen LogP contribution in [-0.2, 0) is 0 Å². The number of urea groups is 1. The van der Waals surface area contributed by atoms with Crippen molar-refractivity contribution in [1.29, 1.82) is 0 Å².